The van der Waals surface area contributed by atoms with Crippen LogP contribution in [0.2, 0.25) is 0 Å². The SMILES string of the molecule is Cc1cccc(N2C(=S)N[C@@H](c3ccccn3)[C@H]2c2ccc(-c3ccc(Br)cc3)o2)c1. The molecule has 4 aromatic rings. The smallest absolute Gasteiger partial charge is 0.174 e. The number of furan rings is 1. The van der Waals surface area contributed by atoms with E-state index in [1.165, 1.54) is 5.56 Å². The first-order chi connectivity index (χ1) is 15.1. The molecule has 0 radical (unpaired) electrons. The van der Waals surface area contributed by atoms with E-state index >= 15 is 0 Å². The third-order valence-corrected chi connectivity index (χ3v) is 6.27. The maximum Gasteiger partial charge on any atom is 0.174 e. The number of anilines is 1. The minimum Gasteiger partial charge on any atom is -0.459 e. The third-order valence-electron chi connectivity index (χ3n) is 5.42. The summed E-state index contributed by atoms with van der Waals surface area (Å²) in [5, 5.41) is 4.13. The zero-order valence-corrected chi connectivity index (χ0v) is 19.2. The number of aryl methyl sites for hydroxylation is 1. The van der Waals surface area contributed by atoms with E-state index in [0.29, 0.717) is 5.11 Å². The quantitative estimate of drug-likeness (QED) is 0.327. The van der Waals surface area contributed by atoms with Crippen LogP contribution in [-0.2, 0) is 0 Å². The Morgan fingerprint density at radius 2 is 1.84 bits per heavy atom. The van der Waals surface area contributed by atoms with Gasteiger partial charge in [-0.1, -0.05) is 46.3 Å². The van der Waals surface area contributed by atoms with Crippen molar-refractivity contribution in [1.82, 2.24) is 10.3 Å². The fraction of sp³-hybridized carbons (Fsp3) is 0.120. The summed E-state index contributed by atoms with van der Waals surface area (Å²) in [4.78, 5) is 6.73. The molecule has 6 heteroatoms. The molecule has 5 rings (SSSR count). The molecule has 31 heavy (non-hydrogen) atoms. The lowest BCUT2D eigenvalue weighted by molar-refractivity contribution is 0.439. The van der Waals surface area contributed by atoms with Crippen molar-refractivity contribution in [3.63, 3.8) is 0 Å². The highest BCUT2D eigenvalue weighted by Crippen LogP contribution is 2.43. The predicted octanol–water partition coefficient (Wildman–Crippen LogP) is 6.59. The Morgan fingerprint density at radius 3 is 2.58 bits per heavy atom. The van der Waals surface area contributed by atoms with Crippen LogP contribution < -0.4 is 10.2 Å². The van der Waals surface area contributed by atoms with Gasteiger partial charge < -0.3 is 14.6 Å². The topological polar surface area (TPSA) is 41.3 Å². The molecule has 0 amide bonds. The highest BCUT2D eigenvalue weighted by molar-refractivity contribution is 9.10. The summed E-state index contributed by atoms with van der Waals surface area (Å²) in [6.45, 7) is 2.08. The van der Waals surface area contributed by atoms with E-state index in [-0.39, 0.29) is 12.1 Å². The second kappa shape index (κ2) is 8.29. The Kier molecular flexibility index (Phi) is 5.34. The van der Waals surface area contributed by atoms with E-state index in [1.807, 2.05) is 66.9 Å². The number of halogens is 1. The van der Waals surface area contributed by atoms with Gasteiger partial charge in [0.15, 0.2) is 5.11 Å². The summed E-state index contributed by atoms with van der Waals surface area (Å²) < 4.78 is 7.43. The standard InChI is InChI=1S/C25H20BrN3OS/c1-16-5-4-6-19(15-16)29-24(23(28-25(29)31)20-7-2-3-14-27-20)22-13-12-21(30-22)17-8-10-18(26)11-9-17/h2-15,23-24H,1H3,(H,28,31)/t23-,24+/m0/s1. The number of hydrogen-bond donors (Lipinski definition) is 1. The number of hydrogen-bond acceptors (Lipinski definition) is 3. The van der Waals surface area contributed by atoms with Crippen molar-refractivity contribution in [1.29, 1.82) is 0 Å². The molecule has 0 aliphatic carbocycles. The third kappa shape index (κ3) is 3.89. The minimum absolute atomic E-state index is 0.127. The van der Waals surface area contributed by atoms with Crippen LogP contribution >= 0.6 is 28.1 Å². The molecule has 1 fully saturated rings. The Balaban J connectivity index is 1.60. The maximum atomic E-state index is 6.39. The van der Waals surface area contributed by atoms with Crippen molar-refractivity contribution < 1.29 is 4.42 Å². The van der Waals surface area contributed by atoms with Crippen LogP contribution in [0, 0.1) is 6.92 Å². The average molecular weight is 490 g/mol. The van der Waals surface area contributed by atoms with Crippen molar-refractivity contribution in [2.45, 2.75) is 19.0 Å². The lowest BCUT2D eigenvalue weighted by atomic mass is 10.0. The van der Waals surface area contributed by atoms with Gasteiger partial charge in [-0.3, -0.25) is 4.98 Å². The van der Waals surface area contributed by atoms with Crippen LogP contribution in [0.5, 0.6) is 0 Å². The van der Waals surface area contributed by atoms with Gasteiger partial charge in [0.1, 0.15) is 17.6 Å². The first-order valence-corrected chi connectivity index (χ1v) is 11.2. The zero-order valence-electron chi connectivity index (χ0n) is 16.8. The number of nitrogens with zero attached hydrogens (tertiary/aromatic N) is 2. The molecule has 0 bridgehead atoms. The summed E-state index contributed by atoms with van der Waals surface area (Å²) in [5.41, 5.74) is 4.16. The lowest BCUT2D eigenvalue weighted by Gasteiger charge is -2.26. The van der Waals surface area contributed by atoms with Crippen LogP contribution in [0.1, 0.15) is 29.1 Å². The van der Waals surface area contributed by atoms with Gasteiger partial charge in [-0.2, -0.15) is 0 Å². The highest BCUT2D eigenvalue weighted by Gasteiger charge is 2.42. The summed E-state index contributed by atoms with van der Waals surface area (Å²) in [6, 6.07) is 26.2. The normalized spacial score (nSPS) is 18.3. The Hall–Kier alpha value is -2.96. The van der Waals surface area contributed by atoms with Gasteiger partial charge in [0.2, 0.25) is 0 Å². The maximum absolute atomic E-state index is 6.39. The largest absolute Gasteiger partial charge is 0.459 e. The van der Waals surface area contributed by atoms with Gasteiger partial charge >= 0.3 is 0 Å². The Morgan fingerprint density at radius 1 is 1.00 bits per heavy atom. The van der Waals surface area contributed by atoms with Crippen molar-refractivity contribution in [3.05, 3.63) is 107 Å². The van der Waals surface area contributed by atoms with E-state index in [4.69, 9.17) is 16.6 Å². The van der Waals surface area contributed by atoms with Crippen molar-refractivity contribution in [3.8, 4) is 11.3 Å². The van der Waals surface area contributed by atoms with Gasteiger partial charge in [0.05, 0.1) is 11.7 Å². The molecule has 1 aliphatic heterocycles. The molecule has 2 aromatic heterocycles. The summed E-state index contributed by atoms with van der Waals surface area (Å²) >= 11 is 9.26. The lowest BCUT2D eigenvalue weighted by Crippen LogP contribution is -2.29. The van der Waals surface area contributed by atoms with Crippen LogP contribution in [0.15, 0.2) is 93.9 Å². The van der Waals surface area contributed by atoms with Crippen molar-refractivity contribution in [2.24, 2.45) is 0 Å². The Bertz CT molecular complexity index is 1220. The molecule has 1 N–H and O–H groups in total. The molecule has 2 aromatic carbocycles. The van der Waals surface area contributed by atoms with Gasteiger partial charge in [-0.05, 0) is 73.2 Å². The van der Waals surface area contributed by atoms with Crippen LogP contribution in [0.3, 0.4) is 0 Å². The van der Waals surface area contributed by atoms with Gasteiger partial charge in [-0.15, -0.1) is 0 Å². The summed E-state index contributed by atoms with van der Waals surface area (Å²) in [7, 11) is 0. The van der Waals surface area contributed by atoms with Crippen molar-refractivity contribution in [2.75, 3.05) is 4.90 Å². The molecule has 4 nitrogen and oxygen atoms in total. The molecule has 0 unspecified atom stereocenters. The van der Waals surface area contributed by atoms with E-state index in [2.05, 4.69) is 56.3 Å². The highest BCUT2D eigenvalue weighted by atomic mass is 79.9. The molecule has 2 atom stereocenters. The first kappa shape index (κ1) is 20.0. The van der Waals surface area contributed by atoms with Crippen LogP contribution in [-0.4, -0.2) is 10.1 Å². The van der Waals surface area contributed by atoms with Crippen LogP contribution in [0.25, 0.3) is 11.3 Å². The number of thiocarbonyl (C=S) groups is 1. The zero-order chi connectivity index (χ0) is 21.4. The molecular formula is C25H20BrN3OS. The fourth-order valence-electron chi connectivity index (χ4n) is 3.98. The first-order valence-electron chi connectivity index (χ1n) is 10.0. The van der Waals surface area contributed by atoms with Crippen LogP contribution in [0.4, 0.5) is 5.69 Å². The molecule has 0 saturated carbocycles. The molecule has 1 saturated heterocycles. The van der Waals surface area contributed by atoms with E-state index in [9.17, 15) is 0 Å². The van der Waals surface area contributed by atoms with Gasteiger partial charge in [0, 0.05) is 21.9 Å². The second-order valence-electron chi connectivity index (χ2n) is 7.54. The minimum atomic E-state index is -0.159. The molecule has 0 spiro atoms. The molecule has 1 aliphatic rings. The average Bonchev–Trinajstić information content (AvgIpc) is 3.39. The van der Waals surface area contributed by atoms with Gasteiger partial charge in [0.25, 0.3) is 0 Å². The number of aromatic nitrogens is 1. The van der Waals surface area contributed by atoms with E-state index in [0.717, 1.165) is 32.9 Å². The van der Waals surface area contributed by atoms with E-state index < -0.39 is 0 Å². The monoisotopic (exact) mass is 489 g/mol. The van der Waals surface area contributed by atoms with E-state index in [1.54, 1.807) is 0 Å². The summed E-state index contributed by atoms with van der Waals surface area (Å²) in [6.07, 6.45) is 1.81. The summed E-state index contributed by atoms with van der Waals surface area (Å²) in [5.74, 6) is 1.66. The fourth-order valence-corrected chi connectivity index (χ4v) is 4.59. The Labute approximate surface area is 195 Å². The number of benzene rings is 2. The molecule has 154 valence electrons. The number of pyridine rings is 1. The second-order valence-corrected chi connectivity index (χ2v) is 8.85. The number of rotatable bonds is 4. The molecular weight excluding hydrogens is 470 g/mol. The number of nitrogens with one attached hydrogen (secondary N) is 1. The van der Waals surface area contributed by atoms with Crippen molar-refractivity contribution >= 4 is 38.9 Å². The van der Waals surface area contributed by atoms with Gasteiger partial charge in [-0.25, -0.2) is 0 Å². The predicted molar refractivity (Wildman–Crippen MR) is 131 cm³/mol. The molecule has 3 heterocycles.